The normalized spacial score (nSPS) is 17.9. The number of fused-ring (bicyclic) bond motifs is 1. The molecule has 0 amide bonds. The van der Waals surface area contributed by atoms with E-state index in [0.29, 0.717) is 17.5 Å². The summed E-state index contributed by atoms with van der Waals surface area (Å²) in [6.45, 7) is 4.89. The SMILES string of the molecule is CN1CCN(Cc2cc(=O)c3ccccc3o2)CC1. The van der Waals surface area contributed by atoms with Gasteiger partial charge in [0, 0.05) is 32.2 Å². The van der Waals surface area contributed by atoms with Crippen LogP contribution >= 0.6 is 0 Å². The van der Waals surface area contributed by atoms with Crippen LogP contribution in [0.15, 0.2) is 39.5 Å². The molecule has 0 atom stereocenters. The summed E-state index contributed by atoms with van der Waals surface area (Å²) in [6, 6.07) is 9.04. The Bertz CT molecular complexity index is 627. The lowest BCUT2D eigenvalue weighted by Crippen LogP contribution is -2.43. The number of nitrogens with zero attached hydrogens (tertiary/aromatic N) is 2. The highest BCUT2D eigenvalue weighted by Crippen LogP contribution is 2.13. The van der Waals surface area contributed by atoms with E-state index >= 15 is 0 Å². The number of rotatable bonds is 2. The molecule has 1 aliphatic rings. The molecule has 4 nitrogen and oxygen atoms in total. The zero-order chi connectivity index (χ0) is 13.2. The number of hydrogen-bond donors (Lipinski definition) is 0. The van der Waals surface area contributed by atoms with Crippen molar-refractivity contribution >= 4 is 11.0 Å². The fourth-order valence-electron chi connectivity index (χ4n) is 2.46. The van der Waals surface area contributed by atoms with Gasteiger partial charge >= 0.3 is 0 Å². The summed E-state index contributed by atoms with van der Waals surface area (Å²) in [6.07, 6.45) is 0. The Hall–Kier alpha value is -1.65. The van der Waals surface area contributed by atoms with E-state index in [-0.39, 0.29) is 5.43 Å². The number of likely N-dealkylation sites (N-methyl/N-ethyl adjacent to an activating group) is 1. The van der Waals surface area contributed by atoms with E-state index in [0.717, 1.165) is 31.9 Å². The first-order chi connectivity index (χ1) is 9.22. The van der Waals surface area contributed by atoms with Crippen molar-refractivity contribution in [1.82, 2.24) is 9.80 Å². The van der Waals surface area contributed by atoms with E-state index in [1.807, 2.05) is 18.2 Å². The summed E-state index contributed by atoms with van der Waals surface area (Å²) >= 11 is 0. The van der Waals surface area contributed by atoms with Crippen LogP contribution < -0.4 is 5.43 Å². The van der Waals surface area contributed by atoms with Crippen LogP contribution in [0.3, 0.4) is 0 Å². The maximum Gasteiger partial charge on any atom is 0.192 e. The molecule has 1 aliphatic heterocycles. The van der Waals surface area contributed by atoms with Crippen molar-refractivity contribution in [3.05, 3.63) is 46.3 Å². The summed E-state index contributed by atoms with van der Waals surface area (Å²) in [5, 5.41) is 0.657. The predicted molar refractivity (Wildman–Crippen MR) is 75.3 cm³/mol. The fourth-order valence-corrected chi connectivity index (χ4v) is 2.46. The summed E-state index contributed by atoms with van der Waals surface area (Å²) < 4.78 is 5.82. The quantitative estimate of drug-likeness (QED) is 0.819. The van der Waals surface area contributed by atoms with Gasteiger partial charge in [-0.05, 0) is 19.2 Å². The van der Waals surface area contributed by atoms with Gasteiger partial charge in [-0.15, -0.1) is 0 Å². The summed E-state index contributed by atoms with van der Waals surface area (Å²) in [4.78, 5) is 16.6. The molecular weight excluding hydrogens is 240 g/mol. The molecule has 0 saturated carbocycles. The Labute approximate surface area is 112 Å². The molecule has 1 aromatic carbocycles. The summed E-state index contributed by atoms with van der Waals surface area (Å²) in [5.41, 5.74) is 0.727. The van der Waals surface area contributed by atoms with Gasteiger partial charge in [-0.25, -0.2) is 0 Å². The van der Waals surface area contributed by atoms with Gasteiger partial charge in [0.1, 0.15) is 11.3 Å². The molecule has 19 heavy (non-hydrogen) atoms. The maximum absolute atomic E-state index is 12.0. The van der Waals surface area contributed by atoms with Crippen molar-refractivity contribution in [3.63, 3.8) is 0 Å². The second-order valence-corrected chi connectivity index (χ2v) is 5.15. The van der Waals surface area contributed by atoms with Crippen LogP contribution in [-0.2, 0) is 6.54 Å². The number of benzene rings is 1. The lowest BCUT2D eigenvalue weighted by Gasteiger charge is -2.31. The first-order valence-corrected chi connectivity index (χ1v) is 6.65. The lowest BCUT2D eigenvalue weighted by molar-refractivity contribution is 0.140. The van der Waals surface area contributed by atoms with Crippen LogP contribution in [0.1, 0.15) is 5.76 Å². The summed E-state index contributed by atoms with van der Waals surface area (Å²) in [5.74, 6) is 0.758. The standard InChI is InChI=1S/C15H18N2O2/c1-16-6-8-17(9-7-16)11-12-10-14(18)13-4-2-3-5-15(13)19-12/h2-5,10H,6-9,11H2,1H3. The van der Waals surface area contributed by atoms with Gasteiger partial charge in [0.25, 0.3) is 0 Å². The van der Waals surface area contributed by atoms with Gasteiger partial charge in [0.05, 0.1) is 11.9 Å². The van der Waals surface area contributed by atoms with E-state index in [4.69, 9.17) is 4.42 Å². The van der Waals surface area contributed by atoms with Crippen LogP contribution in [0, 0.1) is 0 Å². The molecule has 0 N–H and O–H groups in total. The number of hydrogen-bond acceptors (Lipinski definition) is 4. The highest BCUT2D eigenvalue weighted by Gasteiger charge is 2.15. The van der Waals surface area contributed by atoms with E-state index in [2.05, 4.69) is 16.8 Å². The van der Waals surface area contributed by atoms with E-state index in [1.165, 1.54) is 0 Å². The smallest absolute Gasteiger partial charge is 0.192 e. The second kappa shape index (κ2) is 5.15. The number of piperazine rings is 1. The fraction of sp³-hybridized carbons (Fsp3) is 0.400. The van der Waals surface area contributed by atoms with Crippen LogP contribution in [0.4, 0.5) is 0 Å². The third-order valence-corrected chi connectivity index (χ3v) is 3.66. The molecule has 3 rings (SSSR count). The summed E-state index contributed by atoms with van der Waals surface area (Å²) in [7, 11) is 2.13. The Morgan fingerprint density at radius 2 is 1.89 bits per heavy atom. The molecule has 1 fully saturated rings. The Morgan fingerprint density at radius 1 is 1.16 bits per heavy atom. The van der Waals surface area contributed by atoms with Crippen molar-refractivity contribution in [1.29, 1.82) is 0 Å². The van der Waals surface area contributed by atoms with Gasteiger partial charge in [0.15, 0.2) is 5.43 Å². The molecular formula is C15H18N2O2. The minimum absolute atomic E-state index is 0.0472. The van der Waals surface area contributed by atoms with Gasteiger partial charge in [-0.1, -0.05) is 12.1 Å². The second-order valence-electron chi connectivity index (χ2n) is 5.15. The molecule has 0 spiro atoms. The lowest BCUT2D eigenvalue weighted by atomic mass is 10.2. The van der Waals surface area contributed by atoms with Gasteiger partial charge in [-0.2, -0.15) is 0 Å². The Morgan fingerprint density at radius 3 is 2.68 bits per heavy atom. The van der Waals surface area contributed by atoms with E-state index < -0.39 is 0 Å². The molecule has 0 unspecified atom stereocenters. The molecule has 100 valence electrons. The topological polar surface area (TPSA) is 36.7 Å². The van der Waals surface area contributed by atoms with Crippen molar-refractivity contribution in [2.75, 3.05) is 33.2 Å². The minimum atomic E-state index is 0.0472. The van der Waals surface area contributed by atoms with Gasteiger partial charge in [-0.3, -0.25) is 9.69 Å². The molecule has 2 aromatic rings. The average Bonchev–Trinajstić information content (AvgIpc) is 2.42. The number of para-hydroxylation sites is 1. The van der Waals surface area contributed by atoms with E-state index in [9.17, 15) is 4.79 Å². The van der Waals surface area contributed by atoms with Crippen molar-refractivity contribution < 1.29 is 4.42 Å². The Balaban J connectivity index is 1.83. The molecule has 2 heterocycles. The molecule has 0 aliphatic carbocycles. The van der Waals surface area contributed by atoms with E-state index in [1.54, 1.807) is 12.1 Å². The Kier molecular flexibility index (Phi) is 3.36. The maximum atomic E-state index is 12.0. The zero-order valence-corrected chi connectivity index (χ0v) is 11.1. The molecule has 4 heteroatoms. The molecule has 1 saturated heterocycles. The van der Waals surface area contributed by atoms with Crippen molar-refractivity contribution in [2.24, 2.45) is 0 Å². The first-order valence-electron chi connectivity index (χ1n) is 6.65. The van der Waals surface area contributed by atoms with Crippen molar-refractivity contribution in [3.8, 4) is 0 Å². The van der Waals surface area contributed by atoms with Gasteiger partial charge in [0.2, 0.25) is 0 Å². The minimum Gasteiger partial charge on any atom is -0.459 e. The molecule has 0 radical (unpaired) electrons. The van der Waals surface area contributed by atoms with Crippen molar-refractivity contribution in [2.45, 2.75) is 6.54 Å². The monoisotopic (exact) mass is 258 g/mol. The molecule has 0 bridgehead atoms. The third-order valence-electron chi connectivity index (χ3n) is 3.66. The zero-order valence-electron chi connectivity index (χ0n) is 11.1. The highest BCUT2D eigenvalue weighted by molar-refractivity contribution is 5.76. The molecule has 1 aromatic heterocycles. The van der Waals surface area contributed by atoms with Gasteiger partial charge < -0.3 is 9.32 Å². The predicted octanol–water partition coefficient (Wildman–Crippen LogP) is 1.54. The first kappa shape index (κ1) is 12.4. The van der Waals surface area contributed by atoms with Crippen LogP contribution in [-0.4, -0.2) is 43.0 Å². The largest absolute Gasteiger partial charge is 0.459 e. The van der Waals surface area contributed by atoms with Crippen LogP contribution in [0.25, 0.3) is 11.0 Å². The van der Waals surface area contributed by atoms with Crippen LogP contribution in [0.2, 0.25) is 0 Å². The highest BCUT2D eigenvalue weighted by atomic mass is 16.3. The third kappa shape index (κ3) is 2.69. The van der Waals surface area contributed by atoms with Crippen LogP contribution in [0.5, 0.6) is 0 Å². The average molecular weight is 258 g/mol.